The molecule has 0 bridgehead atoms. The summed E-state index contributed by atoms with van der Waals surface area (Å²) in [5.74, 6) is 1.03. The first-order valence-corrected chi connectivity index (χ1v) is 7.12. The van der Waals surface area contributed by atoms with Gasteiger partial charge in [0.25, 0.3) is 0 Å². The zero-order chi connectivity index (χ0) is 13.1. The molecule has 0 saturated heterocycles. The lowest BCUT2D eigenvalue weighted by molar-refractivity contribution is 0.223. The topological polar surface area (TPSA) is 15.7 Å². The largest absolute Gasteiger partial charge is 0.496 e. The maximum atomic E-state index is 5.45. The number of methoxy groups -OCH3 is 1. The molecule has 1 aliphatic heterocycles. The Kier molecular flexibility index (Phi) is 4.65. The van der Waals surface area contributed by atoms with E-state index < -0.39 is 0 Å². The Labute approximate surface area is 118 Å². The molecule has 0 unspecified atom stereocenters. The predicted molar refractivity (Wildman–Crippen MR) is 78.2 cm³/mol. The van der Waals surface area contributed by atoms with Crippen LogP contribution in [0.25, 0.3) is 0 Å². The van der Waals surface area contributed by atoms with Gasteiger partial charge in [-0.05, 0) is 38.2 Å². The van der Waals surface area contributed by atoms with Crippen LogP contribution in [0.15, 0.2) is 16.6 Å². The molecule has 0 spiro atoms. The van der Waals surface area contributed by atoms with Crippen LogP contribution in [0.3, 0.4) is 0 Å². The van der Waals surface area contributed by atoms with Crippen molar-refractivity contribution in [1.29, 1.82) is 0 Å². The van der Waals surface area contributed by atoms with E-state index in [4.69, 9.17) is 4.74 Å². The summed E-state index contributed by atoms with van der Waals surface area (Å²) in [6, 6.07) is 4.14. The van der Waals surface area contributed by atoms with Crippen LogP contribution in [-0.2, 0) is 13.0 Å². The number of hydrogen-bond acceptors (Lipinski definition) is 3. The minimum atomic E-state index is 1.01. The van der Waals surface area contributed by atoms with Crippen LogP contribution in [0.4, 0.5) is 0 Å². The van der Waals surface area contributed by atoms with Crippen LogP contribution < -0.4 is 4.74 Å². The summed E-state index contributed by atoms with van der Waals surface area (Å²) in [5.41, 5.74) is 2.76. The molecule has 0 N–H and O–H groups in total. The number of likely N-dealkylation sites (N-methyl/N-ethyl adjacent to an activating group) is 1. The first-order valence-electron chi connectivity index (χ1n) is 6.33. The second-order valence-corrected chi connectivity index (χ2v) is 5.89. The molecule has 0 amide bonds. The van der Waals surface area contributed by atoms with Crippen LogP contribution >= 0.6 is 15.9 Å². The van der Waals surface area contributed by atoms with Crippen molar-refractivity contribution < 1.29 is 4.74 Å². The van der Waals surface area contributed by atoms with E-state index in [1.54, 1.807) is 7.11 Å². The van der Waals surface area contributed by atoms with Gasteiger partial charge < -0.3 is 9.64 Å². The van der Waals surface area contributed by atoms with E-state index in [9.17, 15) is 0 Å². The summed E-state index contributed by atoms with van der Waals surface area (Å²) in [4.78, 5) is 4.74. The highest BCUT2D eigenvalue weighted by Gasteiger charge is 2.21. The molecule has 2 rings (SSSR count). The summed E-state index contributed by atoms with van der Waals surface area (Å²) in [6.07, 6.45) is 1.07. The van der Waals surface area contributed by atoms with Gasteiger partial charge in [-0.3, -0.25) is 4.90 Å². The Hall–Kier alpha value is -0.580. The van der Waals surface area contributed by atoms with Gasteiger partial charge >= 0.3 is 0 Å². The zero-order valence-electron chi connectivity index (χ0n) is 11.4. The van der Waals surface area contributed by atoms with Crippen molar-refractivity contribution in [1.82, 2.24) is 9.80 Å². The van der Waals surface area contributed by atoms with Crippen LogP contribution in [0, 0.1) is 0 Å². The number of benzene rings is 1. The second-order valence-electron chi connectivity index (χ2n) is 5.04. The molecule has 0 saturated carbocycles. The van der Waals surface area contributed by atoms with Crippen LogP contribution in [0.2, 0.25) is 0 Å². The van der Waals surface area contributed by atoms with Crippen molar-refractivity contribution in [2.24, 2.45) is 0 Å². The van der Waals surface area contributed by atoms with Gasteiger partial charge in [-0.25, -0.2) is 0 Å². The van der Waals surface area contributed by atoms with E-state index in [0.717, 1.165) is 38.3 Å². The van der Waals surface area contributed by atoms with Gasteiger partial charge in [0.2, 0.25) is 0 Å². The fourth-order valence-electron chi connectivity index (χ4n) is 2.38. The standard InChI is InChI=1S/C14H21BrN2O/c1-16(2)8-9-17-7-6-11-12(10-17)13(15)4-5-14(11)18-3/h4-5H,6-10H2,1-3H3. The van der Waals surface area contributed by atoms with Gasteiger partial charge in [0.15, 0.2) is 0 Å². The lowest BCUT2D eigenvalue weighted by Crippen LogP contribution is -2.36. The highest BCUT2D eigenvalue weighted by Crippen LogP contribution is 2.33. The maximum Gasteiger partial charge on any atom is 0.122 e. The molecule has 1 aliphatic rings. The molecular weight excluding hydrogens is 292 g/mol. The Morgan fingerprint density at radius 3 is 2.78 bits per heavy atom. The Morgan fingerprint density at radius 2 is 2.11 bits per heavy atom. The maximum absolute atomic E-state index is 5.45. The van der Waals surface area contributed by atoms with E-state index in [1.165, 1.54) is 15.6 Å². The summed E-state index contributed by atoms with van der Waals surface area (Å²) in [7, 11) is 6.00. The van der Waals surface area contributed by atoms with Crippen LogP contribution in [0.5, 0.6) is 5.75 Å². The van der Waals surface area contributed by atoms with Crippen molar-refractivity contribution in [2.75, 3.05) is 40.8 Å². The lowest BCUT2D eigenvalue weighted by Gasteiger charge is -2.31. The van der Waals surface area contributed by atoms with Crippen molar-refractivity contribution in [3.8, 4) is 5.75 Å². The minimum Gasteiger partial charge on any atom is -0.496 e. The quantitative estimate of drug-likeness (QED) is 0.849. The highest BCUT2D eigenvalue weighted by atomic mass is 79.9. The van der Waals surface area contributed by atoms with Crippen molar-refractivity contribution in [2.45, 2.75) is 13.0 Å². The number of halogens is 1. The molecule has 1 aromatic carbocycles. The number of rotatable bonds is 4. The number of hydrogen-bond donors (Lipinski definition) is 0. The van der Waals surface area contributed by atoms with Gasteiger partial charge in [0, 0.05) is 36.2 Å². The van der Waals surface area contributed by atoms with Crippen molar-refractivity contribution >= 4 is 15.9 Å². The molecule has 0 fully saturated rings. The fourth-order valence-corrected chi connectivity index (χ4v) is 2.88. The number of fused-ring (bicyclic) bond motifs is 1. The van der Waals surface area contributed by atoms with Gasteiger partial charge in [-0.1, -0.05) is 15.9 Å². The molecule has 1 aromatic rings. The summed E-state index contributed by atoms with van der Waals surface area (Å²) < 4.78 is 6.66. The molecule has 100 valence electrons. The normalized spacial score (nSPS) is 15.8. The summed E-state index contributed by atoms with van der Waals surface area (Å²) in [5, 5.41) is 0. The highest BCUT2D eigenvalue weighted by molar-refractivity contribution is 9.10. The van der Waals surface area contributed by atoms with Crippen molar-refractivity contribution in [3.63, 3.8) is 0 Å². The molecule has 0 atom stereocenters. The minimum absolute atomic E-state index is 1.01. The smallest absolute Gasteiger partial charge is 0.122 e. The summed E-state index contributed by atoms with van der Waals surface area (Å²) >= 11 is 3.66. The van der Waals surface area contributed by atoms with Gasteiger partial charge in [-0.15, -0.1) is 0 Å². The molecule has 4 heteroatoms. The van der Waals surface area contributed by atoms with E-state index in [0.29, 0.717) is 0 Å². The van der Waals surface area contributed by atoms with Crippen LogP contribution in [0.1, 0.15) is 11.1 Å². The van der Waals surface area contributed by atoms with E-state index in [1.807, 2.05) is 0 Å². The third-order valence-corrected chi connectivity index (χ3v) is 4.22. The molecular formula is C14H21BrN2O. The molecule has 0 aliphatic carbocycles. The van der Waals surface area contributed by atoms with Gasteiger partial charge in [-0.2, -0.15) is 0 Å². The Bertz CT molecular complexity index is 421. The summed E-state index contributed by atoms with van der Waals surface area (Å²) in [6.45, 7) is 4.36. The molecule has 0 radical (unpaired) electrons. The van der Waals surface area contributed by atoms with Gasteiger partial charge in [0.05, 0.1) is 7.11 Å². The van der Waals surface area contributed by atoms with E-state index in [-0.39, 0.29) is 0 Å². The van der Waals surface area contributed by atoms with Gasteiger partial charge in [0.1, 0.15) is 5.75 Å². The number of ether oxygens (including phenoxy) is 1. The van der Waals surface area contributed by atoms with Crippen LogP contribution in [-0.4, -0.2) is 50.6 Å². The molecule has 3 nitrogen and oxygen atoms in total. The number of nitrogens with zero attached hydrogens (tertiary/aromatic N) is 2. The lowest BCUT2D eigenvalue weighted by atomic mass is 9.98. The third kappa shape index (κ3) is 3.05. The first-order chi connectivity index (χ1) is 8.61. The molecule has 18 heavy (non-hydrogen) atoms. The van der Waals surface area contributed by atoms with Crippen molar-refractivity contribution in [3.05, 3.63) is 27.7 Å². The predicted octanol–water partition coefficient (Wildman–Crippen LogP) is 2.38. The Morgan fingerprint density at radius 1 is 1.33 bits per heavy atom. The monoisotopic (exact) mass is 312 g/mol. The molecule has 0 aromatic heterocycles. The second kappa shape index (κ2) is 6.04. The van der Waals surface area contributed by atoms with E-state index >= 15 is 0 Å². The average Bonchev–Trinajstić information content (AvgIpc) is 2.37. The zero-order valence-corrected chi connectivity index (χ0v) is 13.0. The SMILES string of the molecule is COc1ccc(Br)c2c1CCN(CCN(C)C)C2. The fraction of sp³-hybridized carbons (Fsp3) is 0.571. The van der Waals surface area contributed by atoms with E-state index in [2.05, 4.69) is 52.0 Å². The Balaban J connectivity index is 2.13. The first kappa shape index (κ1) is 13.8. The molecule has 1 heterocycles. The average molecular weight is 313 g/mol. The third-order valence-electron chi connectivity index (χ3n) is 3.47.